The predicted octanol–water partition coefficient (Wildman–Crippen LogP) is 1.13. The fourth-order valence-corrected chi connectivity index (χ4v) is 1.05. The third kappa shape index (κ3) is 5.35. The molecule has 0 aliphatic heterocycles. The van der Waals surface area contributed by atoms with Crippen molar-refractivity contribution >= 4 is 11.9 Å². The molecule has 0 saturated carbocycles. The molecule has 0 unspecified atom stereocenters. The third-order valence-electron chi connectivity index (χ3n) is 1.61. The quantitative estimate of drug-likeness (QED) is 0.652. The van der Waals surface area contributed by atoms with Gasteiger partial charge in [0.05, 0.1) is 0 Å². The summed E-state index contributed by atoms with van der Waals surface area (Å²) in [7, 11) is 0. The minimum absolute atomic E-state index is 0.137. The first-order valence-electron chi connectivity index (χ1n) is 4.57. The van der Waals surface area contributed by atoms with Gasteiger partial charge < -0.3 is 10.0 Å². The molecule has 0 aromatic rings. The Morgan fingerprint density at radius 1 is 1.50 bits per heavy atom. The topological polar surface area (TPSA) is 57.6 Å². The SMILES string of the molecule is C=CCN(CC(=O)O)C(=O)CC(C)C. The zero-order chi connectivity index (χ0) is 11.1. The van der Waals surface area contributed by atoms with Gasteiger partial charge in [0.15, 0.2) is 0 Å². The molecule has 4 heteroatoms. The van der Waals surface area contributed by atoms with Crippen molar-refractivity contribution in [3.05, 3.63) is 12.7 Å². The Kier molecular flexibility index (Phi) is 5.60. The van der Waals surface area contributed by atoms with Crippen LogP contribution in [0.5, 0.6) is 0 Å². The molecule has 0 radical (unpaired) electrons. The lowest BCUT2D eigenvalue weighted by Gasteiger charge is -2.19. The Morgan fingerprint density at radius 2 is 2.07 bits per heavy atom. The van der Waals surface area contributed by atoms with E-state index < -0.39 is 5.97 Å². The molecule has 0 atom stereocenters. The number of amides is 1. The van der Waals surface area contributed by atoms with Crippen LogP contribution in [0.25, 0.3) is 0 Å². The molecule has 0 heterocycles. The van der Waals surface area contributed by atoms with Crippen LogP contribution in [0.2, 0.25) is 0 Å². The number of carboxylic acids is 1. The first kappa shape index (κ1) is 12.7. The Bertz CT molecular complexity index is 223. The molecule has 0 aromatic carbocycles. The predicted molar refractivity (Wildman–Crippen MR) is 53.9 cm³/mol. The van der Waals surface area contributed by atoms with Crippen LogP contribution in [0, 0.1) is 5.92 Å². The van der Waals surface area contributed by atoms with Gasteiger partial charge in [-0.05, 0) is 5.92 Å². The van der Waals surface area contributed by atoms with E-state index in [0.717, 1.165) is 0 Å². The first-order valence-corrected chi connectivity index (χ1v) is 4.57. The molecular formula is C10H17NO3. The highest BCUT2D eigenvalue weighted by molar-refractivity contribution is 5.81. The average Bonchev–Trinajstić information content (AvgIpc) is 2.01. The van der Waals surface area contributed by atoms with Gasteiger partial charge in [-0.15, -0.1) is 6.58 Å². The number of aliphatic carboxylic acids is 1. The second-order valence-electron chi connectivity index (χ2n) is 3.55. The van der Waals surface area contributed by atoms with Crippen LogP contribution in [0.1, 0.15) is 20.3 Å². The molecule has 80 valence electrons. The Balaban J connectivity index is 4.24. The molecule has 0 aliphatic rings. The molecule has 0 aliphatic carbocycles. The van der Waals surface area contributed by atoms with E-state index >= 15 is 0 Å². The molecule has 0 saturated heterocycles. The summed E-state index contributed by atoms with van der Waals surface area (Å²) >= 11 is 0. The van der Waals surface area contributed by atoms with Crippen molar-refractivity contribution in [3.63, 3.8) is 0 Å². The highest BCUT2D eigenvalue weighted by Gasteiger charge is 2.15. The van der Waals surface area contributed by atoms with Gasteiger partial charge in [0, 0.05) is 13.0 Å². The second kappa shape index (κ2) is 6.18. The highest BCUT2D eigenvalue weighted by Crippen LogP contribution is 2.04. The summed E-state index contributed by atoms with van der Waals surface area (Å²) in [5.41, 5.74) is 0. The number of nitrogens with zero attached hydrogens (tertiary/aromatic N) is 1. The molecular weight excluding hydrogens is 182 g/mol. The maximum atomic E-state index is 11.5. The van der Waals surface area contributed by atoms with Crippen LogP contribution >= 0.6 is 0 Å². The molecule has 0 fully saturated rings. The largest absolute Gasteiger partial charge is 0.480 e. The lowest BCUT2D eigenvalue weighted by molar-refractivity contribution is -0.144. The van der Waals surface area contributed by atoms with E-state index in [1.165, 1.54) is 11.0 Å². The molecule has 4 nitrogen and oxygen atoms in total. The van der Waals surface area contributed by atoms with Crippen LogP contribution in [0.4, 0.5) is 0 Å². The summed E-state index contributed by atoms with van der Waals surface area (Å²) in [6, 6.07) is 0. The van der Waals surface area contributed by atoms with Crippen molar-refractivity contribution in [2.24, 2.45) is 5.92 Å². The summed E-state index contributed by atoms with van der Waals surface area (Å²) in [6.07, 6.45) is 1.91. The van der Waals surface area contributed by atoms with Gasteiger partial charge in [0.1, 0.15) is 6.54 Å². The fraction of sp³-hybridized carbons (Fsp3) is 0.600. The van der Waals surface area contributed by atoms with E-state index in [0.29, 0.717) is 6.42 Å². The Hall–Kier alpha value is -1.32. The molecule has 1 N–H and O–H groups in total. The number of hydrogen-bond acceptors (Lipinski definition) is 2. The van der Waals surface area contributed by atoms with Crippen LogP contribution < -0.4 is 0 Å². The van der Waals surface area contributed by atoms with Gasteiger partial charge in [-0.25, -0.2) is 0 Å². The van der Waals surface area contributed by atoms with Gasteiger partial charge in [0.2, 0.25) is 5.91 Å². The minimum atomic E-state index is -0.996. The molecule has 1 amide bonds. The van der Waals surface area contributed by atoms with Crippen LogP contribution in [0.15, 0.2) is 12.7 Å². The number of rotatable bonds is 6. The van der Waals surface area contributed by atoms with Crippen molar-refractivity contribution in [1.29, 1.82) is 0 Å². The molecule has 0 bridgehead atoms. The van der Waals surface area contributed by atoms with Gasteiger partial charge >= 0.3 is 5.97 Å². The minimum Gasteiger partial charge on any atom is -0.480 e. The van der Waals surface area contributed by atoms with Gasteiger partial charge in [-0.2, -0.15) is 0 Å². The summed E-state index contributed by atoms with van der Waals surface area (Å²) in [4.78, 5) is 23.2. The number of hydrogen-bond donors (Lipinski definition) is 1. The summed E-state index contributed by atoms with van der Waals surface area (Å²) in [5, 5.41) is 8.57. The molecule has 0 aromatic heterocycles. The summed E-state index contributed by atoms with van der Waals surface area (Å²) in [5.74, 6) is -0.894. The maximum absolute atomic E-state index is 11.5. The fourth-order valence-electron chi connectivity index (χ4n) is 1.05. The number of carbonyl (C=O) groups excluding carboxylic acids is 1. The van der Waals surface area contributed by atoms with Crippen LogP contribution in [-0.2, 0) is 9.59 Å². The van der Waals surface area contributed by atoms with Crippen molar-refractivity contribution in [2.45, 2.75) is 20.3 Å². The van der Waals surface area contributed by atoms with E-state index in [4.69, 9.17) is 5.11 Å². The lowest BCUT2D eigenvalue weighted by Crippen LogP contribution is -2.36. The Labute approximate surface area is 84.2 Å². The lowest BCUT2D eigenvalue weighted by atomic mass is 10.1. The van der Waals surface area contributed by atoms with Crippen LogP contribution in [0.3, 0.4) is 0 Å². The monoisotopic (exact) mass is 199 g/mol. The molecule has 14 heavy (non-hydrogen) atoms. The standard InChI is InChI=1S/C10H17NO3/c1-4-5-11(7-10(13)14)9(12)6-8(2)3/h4,8H,1,5-7H2,2-3H3,(H,13,14). The van der Waals surface area contributed by atoms with E-state index in [1.807, 2.05) is 13.8 Å². The van der Waals surface area contributed by atoms with Crippen molar-refractivity contribution < 1.29 is 14.7 Å². The highest BCUT2D eigenvalue weighted by atomic mass is 16.4. The Morgan fingerprint density at radius 3 is 2.43 bits per heavy atom. The van der Waals surface area contributed by atoms with Crippen molar-refractivity contribution in [1.82, 2.24) is 4.90 Å². The average molecular weight is 199 g/mol. The molecule has 0 spiro atoms. The van der Waals surface area contributed by atoms with Crippen molar-refractivity contribution in [3.8, 4) is 0 Å². The summed E-state index contributed by atoms with van der Waals surface area (Å²) < 4.78 is 0. The normalized spacial score (nSPS) is 9.93. The third-order valence-corrected chi connectivity index (χ3v) is 1.61. The zero-order valence-electron chi connectivity index (χ0n) is 8.69. The van der Waals surface area contributed by atoms with Gasteiger partial charge in [-0.3, -0.25) is 9.59 Å². The number of carbonyl (C=O) groups is 2. The molecule has 0 rings (SSSR count). The van der Waals surface area contributed by atoms with Crippen molar-refractivity contribution in [2.75, 3.05) is 13.1 Å². The van der Waals surface area contributed by atoms with Gasteiger partial charge in [-0.1, -0.05) is 19.9 Å². The van der Waals surface area contributed by atoms with E-state index in [1.54, 1.807) is 0 Å². The smallest absolute Gasteiger partial charge is 0.323 e. The van der Waals surface area contributed by atoms with Gasteiger partial charge in [0.25, 0.3) is 0 Å². The second-order valence-corrected chi connectivity index (χ2v) is 3.55. The van der Waals surface area contributed by atoms with Crippen LogP contribution in [-0.4, -0.2) is 35.0 Å². The van der Waals surface area contributed by atoms with E-state index in [2.05, 4.69) is 6.58 Å². The maximum Gasteiger partial charge on any atom is 0.323 e. The first-order chi connectivity index (χ1) is 6.47. The number of carboxylic acid groups (broad SMARTS) is 1. The zero-order valence-corrected chi connectivity index (χ0v) is 8.69. The van der Waals surface area contributed by atoms with E-state index in [9.17, 15) is 9.59 Å². The summed E-state index contributed by atoms with van der Waals surface area (Å²) in [6.45, 7) is 7.36. The van der Waals surface area contributed by atoms with E-state index in [-0.39, 0.29) is 24.9 Å².